The Morgan fingerprint density at radius 3 is 2.47 bits per heavy atom. The standard InChI is InChI=1S/C24H33BF4N4O3/c1-22(2,13-26)6-7-32-19(24(27,28)29)17(12-30)20(34)33-18-15-5-3-4-14(8-15)9-23(10-16(18)11-23)25-36-21(31)35/h6-7,12,14-16,18,32H,3-5,8-11,13H2,1-2H3,(H2,31,35)(H,33,34)/q-1/b7-6+,19-17+/t14?,15?,16?,18-,23?/m1/s1. The highest BCUT2D eigenvalue weighted by Crippen LogP contribution is 2.61. The van der Waals surface area contributed by atoms with Crippen LogP contribution in [0.3, 0.4) is 0 Å². The van der Waals surface area contributed by atoms with Gasteiger partial charge in [-0.05, 0) is 61.4 Å². The Labute approximate surface area is 209 Å². The van der Waals surface area contributed by atoms with Crippen LogP contribution in [0, 0.1) is 23.2 Å². The van der Waals surface area contributed by atoms with Gasteiger partial charge in [0.15, 0.2) is 0 Å². The predicted molar refractivity (Wildman–Crippen MR) is 128 cm³/mol. The Bertz CT molecular complexity index is 916. The Balaban J connectivity index is 1.83. The average Bonchev–Trinajstić information content (AvgIpc) is 2.77. The number of halogens is 4. The van der Waals surface area contributed by atoms with Crippen LogP contribution in [0.1, 0.15) is 58.8 Å². The van der Waals surface area contributed by atoms with Crippen LogP contribution in [0.15, 0.2) is 23.5 Å². The van der Waals surface area contributed by atoms with Crippen LogP contribution in [0.5, 0.6) is 0 Å². The first-order valence-electron chi connectivity index (χ1n) is 12.2. The van der Waals surface area contributed by atoms with Crippen molar-refractivity contribution in [2.75, 3.05) is 6.67 Å². The van der Waals surface area contributed by atoms with Crippen molar-refractivity contribution in [1.29, 1.82) is 0 Å². The van der Waals surface area contributed by atoms with Crippen molar-refractivity contribution in [2.24, 2.45) is 28.9 Å². The Kier molecular flexibility index (Phi) is 8.45. The topological polar surface area (TPSA) is 116 Å². The molecule has 4 bridgehead atoms. The number of allylic oxidation sites excluding steroid dienone is 2. The van der Waals surface area contributed by atoms with E-state index < -0.39 is 41.5 Å². The number of nitrogens with zero attached hydrogens (tertiary/aromatic N) is 1. The van der Waals surface area contributed by atoms with Gasteiger partial charge in [-0.25, -0.2) is 4.79 Å². The number of alkyl halides is 4. The van der Waals surface area contributed by atoms with Gasteiger partial charge in [0.25, 0.3) is 5.91 Å². The van der Waals surface area contributed by atoms with Crippen molar-refractivity contribution in [1.82, 2.24) is 10.6 Å². The number of nitrogens with one attached hydrogen (secondary N) is 2. The number of nitrogens with two attached hydrogens (primary N) is 1. The van der Waals surface area contributed by atoms with E-state index in [2.05, 4.69) is 5.32 Å². The van der Waals surface area contributed by atoms with E-state index in [0.29, 0.717) is 18.8 Å². The van der Waals surface area contributed by atoms with Crippen molar-refractivity contribution in [3.8, 4) is 0 Å². The zero-order valence-electron chi connectivity index (χ0n) is 20.5. The molecule has 7 nitrogen and oxygen atoms in total. The Hall–Kier alpha value is -2.53. The zero-order chi connectivity index (χ0) is 26.7. The van der Waals surface area contributed by atoms with Crippen LogP contribution in [0.25, 0.3) is 5.41 Å². The highest BCUT2D eigenvalue weighted by Gasteiger charge is 2.54. The molecule has 0 heterocycles. The molecule has 4 aliphatic rings. The van der Waals surface area contributed by atoms with Gasteiger partial charge in [-0.2, -0.15) is 19.4 Å². The van der Waals surface area contributed by atoms with Gasteiger partial charge in [0, 0.05) is 17.0 Å². The fourth-order valence-electron chi connectivity index (χ4n) is 5.95. The number of hydrogen-bond acceptors (Lipinski definition) is 4. The molecule has 3 atom stereocenters. The van der Waals surface area contributed by atoms with Gasteiger partial charge in [0.1, 0.15) is 5.70 Å². The van der Waals surface area contributed by atoms with E-state index in [1.165, 1.54) is 27.4 Å². The fraction of sp³-hybridized carbons (Fsp3) is 0.708. The van der Waals surface area contributed by atoms with E-state index in [1.807, 2.05) is 5.32 Å². The van der Waals surface area contributed by atoms with Gasteiger partial charge < -0.3 is 26.4 Å². The molecule has 0 aliphatic heterocycles. The molecule has 36 heavy (non-hydrogen) atoms. The monoisotopic (exact) mass is 512 g/mol. The Morgan fingerprint density at radius 1 is 1.19 bits per heavy atom. The summed E-state index contributed by atoms with van der Waals surface area (Å²) in [4.78, 5) is 24.2. The smallest absolute Gasteiger partial charge is 0.431 e. The lowest BCUT2D eigenvalue weighted by Crippen LogP contribution is -2.56. The molecule has 2 amide bonds. The van der Waals surface area contributed by atoms with Crippen molar-refractivity contribution in [3.05, 3.63) is 29.0 Å². The predicted octanol–water partition coefficient (Wildman–Crippen LogP) is 4.52. The summed E-state index contributed by atoms with van der Waals surface area (Å²) in [6.07, 6.45) is 2.08. The lowest BCUT2D eigenvalue weighted by atomic mass is 9.41. The quantitative estimate of drug-likeness (QED) is 0.182. The first kappa shape index (κ1) is 28.1. The van der Waals surface area contributed by atoms with Gasteiger partial charge in [-0.15, -0.1) is 0 Å². The summed E-state index contributed by atoms with van der Waals surface area (Å²) >= 11 is 0. The summed E-state index contributed by atoms with van der Waals surface area (Å²) < 4.78 is 59.4. The number of primary amides is 1. The second-order valence-electron chi connectivity index (χ2n) is 11.1. The van der Waals surface area contributed by atoms with Crippen LogP contribution >= 0.6 is 0 Å². The van der Waals surface area contributed by atoms with Gasteiger partial charge in [-0.3, -0.25) is 9.18 Å². The molecule has 0 aromatic rings. The molecule has 0 aromatic carbocycles. The van der Waals surface area contributed by atoms with E-state index in [-0.39, 0.29) is 29.4 Å². The van der Waals surface area contributed by atoms with Gasteiger partial charge in [-0.1, -0.05) is 32.8 Å². The molecule has 199 valence electrons. The van der Waals surface area contributed by atoms with E-state index in [1.54, 1.807) is 0 Å². The minimum atomic E-state index is -4.97. The number of amides is 2. The summed E-state index contributed by atoms with van der Waals surface area (Å²) in [5, 5.41) is 14.1. The summed E-state index contributed by atoms with van der Waals surface area (Å²) in [6, 6.07) is -0.388. The molecule has 4 N–H and O–H groups in total. The third kappa shape index (κ3) is 6.62. The fourth-order valence-corrected chi connectivity index (χ4v) is 5.95. The lowest BCUT2D eigenvalue weighted by molar-refractivity contribution is -0.121. The van der Waals surface area contributed by atoms with Crippen LogP contribution in [-0.4, -0.2) is 44.6 Å². The van der Waals surface area contributed by atoms with E-state index in [4.69, 9.17) is 10.4 Å². The van der Waals surface area contributed by atoms with E-state index >= 15 is 0 Å². The van der Waals surface area contributed by atoms with Crippen LogP contribution < -0.4 is 16.4 Å². The number of hydrogen-bond donors (Lipinski definition) is 3. The largest absolute Gasteiger partial charge is 0.810 e. The molecule has 12 heteroatoms. The van der Waals surface area contributed by atoms with Gasteiger partial charge in [0.05, 0.1) is 6.67 Å². The zero-order valence-corrected chi connectivity index (χ0v) is 20.5. The SMILES string of the molecule is CC(C)(/C=C/N/C(=C(\C=[N-])C(=O)N[C@@H]1C2CCCC(C2)CC2([B]OC(N)=O)CC1C2)C(F)(F)F)CF. The highest BCUT2D eigenvalue weighted by atomic mass is 19.4. The summed E-state index contributed by atoms with van der Waals surface area (Å²) in [6.45, 7) is 2.22. The van der Waals surface area contributed by atoms with Gasteiger partial charge in [0.2, 0.25) is 0 Å². The van der Waals surface area contributed by atoms with E-state index in [0.717, 1.165) is 38.3 Å². The second kappa shape index (κ2) is 10.8. The van der Waals surface area contributed by atoms with Gasteiger partial charge >= 0.3 is 19.8 Å². The molecule has 4 saturated carbocycles. The third-order valence-electron chi connectivity index (χ3n) is 7.63. The maximum absolute atomic E-state index is 13.8. The first-order chi connectivity index (χ1) is 16.8. The van der Waals surface area contributed by atoms with E-state index in [9.17, 15) is 32.6 Å². The molecule has 2 unspecified atom stereocenters. The number of carbonyl (C=O) groups is 2. The Morgan fingerprint density at radius 2 is 1.89 bits per heavy atom. The first-order valence-corrected chi connectivity index (χ1v) is 12.2. The highest BCUT2D eigenvalue weighted by molar-refractivity contribution is 6.35. The molecule has 4 rings (SSSR count). The van der Waals surface area contributed by atoms with Crippen molar-refractivity contribution < 1.29 is 31.8 Å². The maximum Gasteiger partial charge on any atom is 0.431 e. The van der Waals surface area contributed by atoms with Crippen molar-refractivity contribution >= 4 is 25.7 Å². The normalized spacial score (nSPS) is 30.7. The molecule has 1 radical (unpaired) electrons. The number of carbonyl (C=O) groups excluding carboxylic acids is 2. The van der Waals surface area contributed by atoms with Crippen molar-refractivity contribution in [3.63, 3.8) is 0 Å². The minimum Gasteiger partial charge on any atom is -0.810 e. The summed E-state index contributed by atoms with van der Waals surface area (Å²) in [5.74, 6) is -0.621. The molecule has 0 spiro atoms. The minimum absolute atomic E-state index is 0.0155. The van der Waals surface area contributed by atoms with Crippen LogP contribution in [0.2, 0.25) is 5.31 Å². The third-order valence-corrected chi connectivity index (χ3v) is 7.63. The maximum atomic E-state index is 13.8. The molecule has 0 aromatic heterocycles. The molecule has 4 aliphatic carbocycles. The molecular formula is C24H33BF4N4O3-. The molecule has 0 saturated heterocycles. The lowest BCUT2D eigenvalue weighted by Gasteiger charge is -2.56. The average molecular weight is 512 g/mol. The van der Waals surface area contributed by atoms with Crippen molar-refractivity contribution in [2.45, 2.75) is 76.3 Å². The second-order valence-corrected chi connectivity index (χ2v) is 11.1. The van der Waals surface area contributed by atoms with Crippen LogP contribution in [-0.2, 0) is 9.45 Å². The summed E-state index contributed by atoms with van der Waals surface area (Å²) in [5.41, 5.74) is 1.73. The molecular weight excluding hydrogens is 479 g/mol. The number of rotatable bonds is 9. The molecule has 4 fully saturated rings. The van der Waals surface area contributed by atoms with Crippen LogP contribution in [0.4, 0.5) is 22.4 Å². The summed E-state index contributed by atoms with van der Waals surface area (Å²) in [7, 11) is 1.49.